The molecule has 6 rings (SSSR count). The quantitative estimate of drug-likeness (QED) is 0.0596. The normalized spacial score (nSPS) is 11.8. The molecular weight excluding hydrogens is 573 g/mol. The SMILES string of the molecule is Oc1c([Si](c2ccccc2)(c2ccccc2)c2ccccc2)cc2ccccc2c1C=Nc1c(F)c(F)c(F)c(F)c1F. The van der Waals surface area contributed by atoms with Gasteiger partial charge in [-0.3, -0.25) is 0 Å². The molecule has 0 heterocycles. The van der Waals surface area contributed by atoms with Gasteiger partial charge in [0.25, 0.3) is 0 Å². The van der Waals surface area contributed by atoms with Crippen LogP contribution in [-0.4, -0.2) is 19.4 Å². The summed E-state index contributed by atoms with van der Waals surface area (Å²) < 4.78 is 70.7. The van der Waals surface area contributed by atoms with E-state index in [1.807, 2.05) is 109 Å². The predicted octanol–water partition coefficient (Wildman–Crippen LogP) is 6.37. The van der Waals surface area contributed by atoms with Gasteiger partial charge in [-0.1, -0.05) is 121 Å². The largest absolute Gasteiger partial charge is 0.507 e. The fourth-order valence-electron chi connectivity index (χ4n) is 5.65. The average molecular weight is 596 g/mol. The number of nitrogens with zero attached hydrogens (tertiary/aromatic N) is 1. The number of halogens is 5. The molecule has 0 radical (unpaired) electrons. The zero-order valence-corrected chi connectivity index (χ0v) is 23.4. The van der Waals surface area contributed by atoms with Crippen molar-refractivity contribution in [3.8, 4) is 5.75 Å². The van der Waals surface area contributed by atoms with Crippen molar-refractivity contribution in [1.29, 1.82) is 0 Å². The van der Waals surface area contributed by atoms with Gasteiger partial charge in [-0.2, -0.15) is 0 Å². The zero-order chi connectivity index (χ0) is 30.1. The van der Waals surface area contributed by atoms with E-state index in [-0.39, 0.29) is 11.3 Å². The maximum atomic E-state index is 14.6. The first-order chi connectivity index (χ1) is 20.9. The first kappa shape index (κ1) is 28.1. The lowest BCUT2D eigenvalue weighted by atomic mass is 10.0. The maximum Gasteiger partial charge on any atom is 0.200 e. The monoisotopic (exact) mass is 595 g/mol. The Bertz CT molecular complexity index is 1860. The second-order valence-electron chi connectivity index (χ2n) is 9.93. The summed E-state index contributed by atoms with van der Waals surface area (Å²) >= 11 is 0. The minimum atomic E-state index is -3.28. The van der Waals surface area contributed by atoms with Crippen LogP contribution in [0.25, 0.3) is 10.8 Å². The van der Waals surface area contributed by atoms with Gasteiger partial charge in [0.05, 0.1) is 0 Å². The van der Waals surface area contributed by atoms with Crippen molar-refractivity contribution in [3.63, 3.8) is 0 Å². The van der Waals surface area contributed by atoms with Crippen molar-refractivity contribution in [2.45, 2.75) is 0 Å². The lowest BCUT2D eigenvalue weighted by molar-refractivity contribution is 0.381. The predicted molar refractivity (Wildman–Crippen MR) is 163 cm³/mol. The minimum absolute atomic E-state index is 0.0803. The van der Waals surface area contributed by atoms with Gasteiger partial charge in [0.2, 0.25) is 5.82 Å². The van der Waals surface area contributed by atoms with Crippen LogP contribution >= 0.6 is 0 Å². The molecule has 0 amide bonds. The van der Waals surface area contributed by atoms with Gasteiger partial charge in [-0.15, -0.1) is 0 Å². The fraction of sp³-hybridized carbons (Fsp3) is 0. The molecular formula is C35H22F5NOSi. The Morgan fingerprint density at radius 3 is 1.44 bits per heavy atom. The molecule has 43 heavy (non-hydrogen) atoms. The molecule has 0 spiro atoms. The minimum Gasteiger partial charge on any atom is -0.507 e. The zero-order valence-electron chi connectivity index (χ0n) is 22.4. The van der Waals surface area contributed by atoms with E-state index in [9.17, 15) is 27.1 Å². The highest BCUT2D eigenvalue weighted by Crippen LogP contribution is 2.32. The summed E-state index contributed by atoms with van der Waals surface area (Å²) in [5.41, 5.74) is -1.26. The Kier molecular flexibility index (Phi) is 7.37. The van der Waals surface area contributed by atoms with E-state index in [1.165, 1.54) is 0 Å². The standard InChI is InChI=1S/C35H22F5NOSi/c36-29-30(37)32(39)34(33(40)31(29)38)41-21-27-26-19-11-10-12-22(26)20-28(35(27)42)43(23-13-4-1-5-14-23,24-15-6-2-7-16-24)25-17-8-3-9-18-25/h1-21,42H. The number of benzene rings is 6. The molecule has 1 N–H and O–H groups in total. The van der Waals surface area contributed by atoms with Crippen LogP contribution in [0.1, 0.15) is 5.56 Å². The molecule has 0 bridgehead atoms. The number of hydrogen-bond donors (Lipinski definition) is 1. The molecule has 0 aromatic heterocycles. The van der Waals surface area contributed by atoms with Gasteiger partial charge in [0, 0.05) is 11.8 Å². The van der Waals surface area contributed by atoms with Crippen LogP contribution < -0.4 is 20.7 Å². The van der Waals surface area contributed by atoms with Crippen LogP contribution in [-0.2, 0) is 0 Å². The van der Waals surface area contributed by atoms with E-state index in [0.717, 1.165) is 21.8 Å². The first-order valence-corrected chi connectivity index (χ1v) is 15.3. The topological polar surface area (TPSA) is 32.6 Å². The van der Waals surface area contributed by atoms with E-state index >= 15 is 0 Å². The van der Waals surface area contributed by atoms with Gasteiger partial charge in [0.1, 0.15) is 11.4 Å². The molecule has 0 saturated heterocycles. The fourth-order valence-corrected chi connectivity index (χ4v) is 10.5. The van der Waals surface area contributed by atoms with Gasteiger partial charge < -0.3 is 5.11 Å². The number of phenolic OH excluding ortho intramolecular Hbond substituents is 1. The summed E-state index contributed by atoms with van der Waals surface area (Å²) in [6.07, 6.45) is 0.958. The second kappa shape index (κ2) is 11.3. The summed E-state index contributed by atoms with van der Waals surface area (Å²) in [7, 11) is -3.28. The van der Waals surface area contributed by atoms with E-state index in [2.05, 4.69) is 4.99 Å². The Morgan fingerprint density at radius 1 is 0.535 bits per heavy atom. The van der Waals surface area contributed by atoms with E-state index in [4.69, 9.17) is 0 Å². The molecule has 212 valence electrons. The van der Waals surface area contributed by atoms with Crippen molar-refractivity contribution in [2.24, 2.45) is 4.99 Å². The molecule has 0 saturated carbocycles. The molecule has 0 fully saturated rings. The molecule has 6 aromatic carbocycles. The lowest BCUT2D eigenvalue weighted by Gasteiger charge is -2.35. The maximum absolute atomic E-state index is 14.6. The van der Waals surface area contributed by atoms with Crippen molar-refractivity contribution in [2.75, 3.05) is 0 Å². The van der Waals surface area contributed by atoms with Crippen molar-refractivity contribution < 1.29 is 27.1 Å². The van der Waals surface area contributed by atoms with Crippen LogP contribution in [0.4, 0.5) is 27.6 Å². The van der Waals surface area contributed by atoms with Gasteiger partial charge in [-0.25, -0.2) is 26.9 Å². The number of phenols is 1. The van der Waals surface area contributed by atoms with Crippen molar-refractivity contribution >= 4 is 51.5 Å². The second-order valence-corrected chi connectivity index (χ2v) is 13.7. The van der Waals surface area contributed by atoms with Gasteiger partial charge in [0.15, 0.2) is 31.3 Å². The summed E-state index contributed by atoms with van der Waals surface area (Å²) in [6.45, 7) is 0. The van der Waals surface area contributed by atoms with Crippen LogP contribution in [0, 0.1) is 29.1 Å². The number of hydrogen-bond acceptors (Lipinski definition) is 2. The van der Waals surface area contributed by atoms with Gasteiger partial charge in [-0.05, 0) is 31.5 Å². The lowest BCUT2D eigenvalue weighted by Crippen LogP contribution is -2.74. The summed E-state index contributed by atoms with van der Waals surface area (Å²) in [5, 5.41) is 16.7. The number of fused-ring (bicyclic) bond motifs is 1. The van der Waals surface area contributed by atoms with E-state index in [0.29, 0.717) is 16.0 Å². The van der Waals surface area contributed by atoms with Crippen LogP contribution in [0.15, 0.2) is 126 Å². The van der Waals surface area contributed by atoms with E-state index < -0.39 is 42.8 Å². The summed E-state index contributed by atoms with van der Waals surface area (Å²) in [4.78, 5) is 3.72. The first-order valence-electron chi connectivity index (χ1n) is 13.3. The Morgan fingerprint density at radius 2 is 0.953 bits per heavy atom. The van der Waals surface area contributed by atoms with Crippen LogP contribution in [0.2, 0.25) is 0 Å². The molecule has 0 aliphatic heterocycles. The third kappa shape index (κ3) is 4.60. The number of aliphatic imine (C=N–C) groups is 1. The molecule has 0 aliphatic rings. The van der Waals surface area contributed by atoms with E-state index in [1.54, 1.807) is 12.1 Å². The highest BCUT2D eigenvalue weighted by Gasteiger charge is 2.44. The Hall–Kier alpha value is -5.08. The molecule has 2 nitrogen and oxygen atoms in total. The summed E-state index contributed by atoms with van der Waals surface area (Å²) in [6, 6.07) is 38.2. The highest BCUT2D eigenvalue weighted by atomic mass is 28.3. The number of rotatable bonds is 6. The van der Waals surface area contributed by atoms with Crippen molar-refractivity contribution in [3.05, 3.63) is 156 Å². The Balaban J connectivity index is 1.72. The molecule has 6 aromatic rings. The third-order valence-electron chi connectivity index (χ3n) is 7.59. The summed E-state index contributed by atoms with van der Waals surface area (Å²) in [5.74, 6) is -10.8. The molecule has 8 heteroatoms. The van der Waals surface area contributed by atoms with Gasteiger partial charge >= 0.3 is 0 Å². The highest BCUT2D eigenvalue weighted by molar-refractivity contribution is 7.20. The Labute approximate surface area is 245 Å². The van der Waals surface area contributed by atoms with Crippen LogP contribution in [0.3, 0.4) is 0 Å². The molecule has 0 unspecified atom stereocenters. The van der Waals surface area contributed by atoms with Crippen LogP contribution in [0.5, 0.6) is 5.75 Å². The smallest absolute Gasteiger partial charge is 0.200 e. The number of aromatic hydroxyl groups is 1. The average Bonchev–Trinajstić information content (AvgIpc) is 3.06. The van der Waals surface area contributed by atoms with Crippen molar-refractivity contribution in [1.82, 2.24) is 0 Å². The molecule has 0 aliphatic carbocycles. The molecule has 0 atom stereocenters. The third-order valence-corrected chi connectivity index (χ3v) is 12.4.